The van der Waals surface area contributed by atoms with Crippen molar-refractivity contribution >= 4 is 54.4 Å². The van der Waals surface area contributed by atoms with E-state index in [2.05, 4.69) is 116 Å². The summed E-state index contributed by atoms with van der Waals surface area (Å²) in [6.07, 6.45) is 1.04. The first-order valence-electron chi connectivity index (χ1n) is 13.5. The number of fused-ring (bicyclic) bond motifs is 4. The van der Waals surface area contributed by atoms with E-state index < -0.39 is 36.0 Å². The van der Waals surface area contributed by atoms with Crippen molar-refractivity contribution in [1.29, 1.82) is 0 Å². The average Bonchev–Trinajstić information content (AvgIpc) is 3.32. The minimum atomic E-state index is -2.36. The van der Waals surface area contributed by atoms with Gasteiger partial charge in [-0.3, -0.25) is 0 Å². The Morgan fingerprint density at radius 3 is 1.95 bits per heavy atom. The Bertz CT molecular complexity index is 1400. The van der Waals surface area contributed by atoms with E-state index in [4.69, 9.17) is 4.43 Å². The van der Waals surface area contributed by atoms with Gasteiger partial charge in [-0.1, -0.05) is 0 Å². The van der Waals surface area contributed by atoms with Crippen LogP contribution in [-0.4, -0.2) is 30.6 Å². The summed E-state index contributed by atoms with van der Waals surface area (Å²) >= 11 is -2.36. The van der Waals surface area contributed by atoms with Crippen LogP contribution in [0.15, 0.2) is 71.9 Å². The molecular formula is C31H43Cl2OSi3Zr. The summed E-state index contributed by atoms with van der Waals surface area (Å²) in [7, 11) is -2.62. The molecule has 2 atom stereocenters. The maximum Gasteiger partial charge on any atom is -0.147 e. The molecule has 0 heterocycles. The summed E-state index contributed by atoms with van der Waals surface area (Å²) in [5, 5.41) is 1.75. The Hall–Kier alpha value is -0.526. The number of hydrogen-bond donors (Lipinski definition) is 0. The van der Waals surface area contributed by atoms with Gasteiger partial charge in [0.1, 0.15) is 0 Å². The van der Waals surface area contributed by atoms with Crippen LogP contribution < -0.4 is 0 Å². The van der Waals surface area contributed by atoms with Crippen molar-refractivity contribution in [1.82, 2.24) is 0 Å². The van der Waals surface area contributed by atoms with Gasteiger partial charge >= 0.3 is 228 Å². The Balaban J connectivity index is 0.00000200. The quantitative estimate of drug-likeness (QED) is 0.228. The Morgan fingerprint density at radius 1 is 0.789 bits per heavy atom. The third kappa shape index (κ3) is 5.91. The van der Waals surface area contributed by atoms with Crippen LogP contribution in [0.2, 0.25) is 42.0 Å². The Labute approximate surface area is 251 Å². The molecule has 0 bridgehead atoms. The number of allylic oxidation sites excluding steroid dienone is 1. The summed E-state index contributed by atoms with van der Waals surface area (Å²) in [6, 6.07) is 25.8. The number of hydrogen-bond acceptors (Lipinski definition) is 1. The maximum absolute atomic E-state index is 6.38. The Kier molecular flexibility index (Phi) is 10.2. The first kappa shape index (κ1) is 32.0. The molecule has 0 radical (unpaired) electrons. The van der Waals surface area contributed by atoms with Crippen LogP contribution in [0.4, 0.5) is 0 Å². The number of benzene rings is 3. The van der Waals surface area contributed by atoms with Gasteiger partial charge in [-0.05, 0) is 0 Å². The molecule has 3 aromatic rings. The monoisotopic (exact) mass is 675 g/mol. The van der Waals surface area contributed by atoms with Crippen molar-refractivity contribution in [3.63, 3.8) is 0 Å². The van der Waals surface area contributed by atoms with Crippen LogP contribution in [0.25, 0.3) is 16.7 Å². The minimum absolute atomic E-state index is 0. The predicted octanol–water partition coefficient (Wildman–Crippen LogP) is 8.56. The molecule has 1 nitrogen and oxygen atoms in total. The standard InChI is InChI=1S/C29H33OSi2.2CH3.2ClH.H2Si.Zr/c1-31(2)29-26(17-18-30-32(3,4)5)23-13-8-9-14-24(23)28(29)25-16-10-15-22-21-12-7-6-11-20(21)19-27(22)25;;;;;;/h6-16,19,28,31H,17-18H2,1-5H3;2*1H3;2*1H;1H2;. The first-order valence-corrected chi connectivity index (χ1v) is 32.1. The number of halogens is 2. The zero-order valence-electron chi connectivity index (χ0n) is 23.9. The van der Waals surface area contributed by atoms with E-state index in [-0.39, 0.29) is 24.8 Å². The van der Waals surface area contributed by atoms with E-state index in [1.165, 1.54) is 22.3 Å². The van der Waals surface area contributed by atoms with E-state index in [9.17, 15) is 0 Å². The zero-order valence-corrected chi connectivity index (χ0v) is 31.6. The fourth-order valence-electron chi connectivity index (χ4n) is 6.63. The molecule has 38 heavy (non-hydrogen) atoms. The molecule has 2 aliphatic carbocycles. The van der Waals surface area contributed by atoms with Gasteiger partial charge in [0.25, 0.3) is 0 Å². The molecule has 3 aromatic carbocycles. The van der Waals surface area contributed by atoms with Crippen molar-refractivity contribution in [2.45, 2.75) is 58.0 Å². The largest absolute Gasteiger partial charge is 0.147 e. The second-order valence-corrected chi connectivity index (χ2v) is 42.1. The predicted molar refractivity (Wildman–Crippen MR) is 176 cm³/mol. The molecule has 5 rings (SSSR count). The van der Waals surface area contributed by atoms with E-state index >= 15 is 0 Å². The molecule has 0 fully saturated rings. The molecule has 2 aliphatic rings. The molecule has 2 unspecified atom stereocenters. The number of rotatable bonds is 7. The summed E-state index contributed by atoms with van der Waals surface area (Å²) in [4.78, 5) is 0. The van der Waals surface area contributed by atoms with Crippen molar-refractivity contribution in [2.75, 3.05) is 6.61 Å². The normalized spacial score (nSPS) is 18.0. The molecule has 0 saturated heterocycles. The van der Waals surface area contributed by atoms with Gasteiger partial charge in [0.05, 0.1) is 0 Å². The molecule has 203 valence electrons. The zero-order chi connectivity index (χ0) is 25.8. The fraction of sp³-hybridized carbons (Fsp3) is 0.355. The van der Waals surface area contributed by atoms with E-state index in [1.54, 1.807) is 27.5 Å². The van der Waals surface area contributed by atoms with Crippen LogP contribution in [0.3, 0.4) is 0 Å². The molecule has 0 aliphatic heterocycles. The molecule has 0 N–H and O–H groups in total. The van der Waals surface area contributed by atoms with Gasteiger partial charge < -0.3 is 0 Å². The van der Waals surface area contributed by atoms with Crippen LogP contribution >= 0.6 is 24.8 Å². The fourth-order valence-corrected chi connectivity index (χ4v) is 17.3. The van der Waals surface area contributed by atoms with Gasteiger partial charge in [-0.25, -0.2) is 0 Å². The second kappa shape index (κ2) is 12.1. The first-order chi connectivity index (χ1) is 17.0. The van der Waals surface area contributed by atoms with Crippen molar-refractivity contribution in [2.24, 2.45) is 0 Å². The van der Waals surface area contributed by atoms with Crippen molar-refractivity contribution in [3.05, 3.63) is 99.7 Å². The van der Waals surface area contributed by atoms with Crippen molar-refractivity contribution in [3.8, 4) is 11.1 Å². The van der Waals surface area contributed by atoms with Crippen LogP contribution in [0.1, 0.15) is 43.8 Å². The molecule has 0 amide bonds. The summed E-state index contributed by atoms with van der Waals surface area (Å²) in [5.74, 6) is 0.401. The average molecular weight is 678 g/mol. The van der Waals surface area contributed by atoms with Crippen LogP contribution in [0, 0.1) is 0 Å². The topological polar surface area (TPSA) is 9.23 Å². The summed E-state index contributed by atoms with van der Waals surface area (Å²) < 4.78 is 12.3. The third-order valence-corrected chi connectivity index (χ3v) is 18.6. The van der Waals surface area contributed by atoms with E-state index in [0.29, 0.717) is 9.54 Å². The van der Waals surface area contributed by atoms with Gasteiger partial charge in [0.2, 0.25) is 0 Å². The van der Waals surface area contributed by atoms with Crippen LogP contribution in [-0.2, 0) is 23.3 Å². The van der Waals surface area contributed by atoms with Gasteiger partial charge in [-0.15, -0.1) is 24.8 Å². The maximum atomic E-state index is 6.38. The van der Waals surface area contributed by atoms with Gasteiger partial charge in [0, 0.05) is 0 Å². The summed E-state index contributed by atoms with van der Waals surface area (Å²) in [5.41, 5.74) is 12.5. The molecule has 0 spiro atoms. The molecule has 7 heteroatoms. The smallest absolute Gasteiger partial charge is 0.147 e. The van der Waals surface area contributed by atoms with Crippen LogP contribution in [0.5, 0.6) is 0 Å². The summed E-state index contributed by atoms with van der Waals surface area (Å²) in [6.45, 7) is 15.2. The minimum Gasteiger partial charge on any atom is -0.147 e. The Morgan fingerprint density at radius 2 is 1.34 bits per heavy atom. The second-order valence-electron chi connectivity index (χ2n) is 12.6. The molecule has 0 aromatic heterocycles. The van der Waals surface area contributed by atoms with Crippen molar-refractivity contribution < 1.29 is 23.3 Å². The van der Waals surface area contributed by atoms with E-state index in [1.807, 2.05) is 0 Å². The van der Waals surface area contributed by atoms with E-state index in [0.717, 1.165) is 13.0 Å². The third-order valence-electron chi connectivity index (χ3n) is 7.85. The molecular weight excluding hydrogens is 635 g/mol. The molecule has 0 saturated carbocycles. The van der Waals surface area contributed by atoms with Gasteiger partial charge in [0.15, 0.2) is 0 Å². The SMILES string of the molecule is C[SiH](C)C1=C(CCO[Si](C)(C)C)c2ccccc2C1c1cccc2c1[CH]([Zr]([CH3])([CH3])=[SiH2])c1ccccc1-2.Cl.Cl. The van der Waals surface area contributed by atoms with Gasteiger partial charge in [-0.2, -0.15) is 0 Å².